The molecule has 19 heavy (non-hydrogen) atoms. The summed E-state index contributed by atoms with van der Waals surface area (Å²) in [6.45, 7) is 0.0645. The number of carbonyl (C=O) groups is 1. The van der Waals surface area contributed by atoms with Gasteiger partial charge in [-0.3, -0.25) is 4.79 Å². The van der Waals surface area contributed by atoms with Crippen LogP contribution in [0.1, 0.15) is 16.1 Å². The number of rotatable bonds is 3. The molecule has 0 saturated heterocycles. The lowest BCUT2D eigenvalue weighted by molar-refractivity contribution is -0.746. The van der Waals surface area contributed by atoms with Crippen molar-refractivity contribution in [3.05, 3.63) is 41.3 Å². The monoisotopic (exact) mass is 265 g/mol. The molecular weight excluding hydrogens is 253 g/mol. The first-order chi connectivity index (χ1) is 8.99. The van der Waals surface area contributed by atoms with Gasteiger partial charge in [-0.25, -0.2) is 4.39 Å². The molecule has 0 bridgehead atoms. The Morgan fingerprint density at radius 3 is 2.63 bits per heavy atom. The maximum Gasteiger partial charge on any atom is 0.254 e. The fourth-order valence-electron chi connectivity index (χ4n) is 1.61. The van der Waals surface area contributed by atoms with Crippen LogP contribution in [0.4, 0.5) is 4.39 Å². The van der Waals surface area contributed by atoms with Crippen molar-refractivity contribution >= 4 is 5.91 Å². The Hall–Kier alpha value is -2.44. The molecule has 0 fully saturated rings. The van der Waals surface area contributed by atoms with Crippen molar-refractivity contribution in [3.8, 4) is 5.95 Å². The molecule has 1 aromatic carbocycles. The third-order valence-electron chi connectivity index (χ3n) is 2.70. The molecule has 1 amide bonds. The lowest BCUT2D eigenvalue weighted by atomic mass is 10.2. The molecule has 2 rings (SSSR count). The molecule has 0 atom stereocenters. The molecular formula is C12H12FN3O3. The number of halogens is 1. The Labute approximate surface area is 108 Å². The van der Waals surface area contributed by atoms with E-state index in [0.29, 0.717) is 5.56 Å². The molecule has 0 unspecified atom stereocenters. The second-order valence-electron chi connectivity index (χ2n) is 4.10. The Kier molecular flexibility index (Phi) is 3.46. The fraction of sp³-hybridized carbons (Fsp3) is 0.250. The van der Waals surface area contributed by atoms with Gasteiger partial charge in [-0.05, 0) is 24.3 Å². The second-order valence-corrected chi connectivity index (χ2v) is 4.10. The molecule has 0 aliphatic carbocycles. The first-order valence-electron chi connectivity index (χ1n) is 5.52. The largest absolute Gasteiger partial charge is 0.539 e. The van der Waals surface area contributed by atoms with Crippen molar-refractivity contribution in [3.63, 3.8) is 0 Å². The minimum Gasteiger partial charge on any atom is -0.539 e. The predicted molar refractivity (Wildman–Crippen MR) is 59.3 cm³/mol. The first-order valence-corrected chi connectivity index (χ1v) is 5.52. The van der Waals surface area contributed by atoms with Crippen LogP contribution in [0.2, 0.25) is 0 Å². The zero-order valence-electron chi connectivity index (χ0n) is 10.5. The van der Waals surface area contributed by atoms with Gasteiger partial charge in [0, 0.05) is 12.6 Å². The van der Waals surface area contributed by atoms with Crippen molar-refractivity contribution in [1.82, 2.24) is 10.2 Å². The summed E-state index contributed by atoms with van der Waals surface area (Å²) >= 11 is 0. The normalized spacial score (nSPS) is 10.5. The van der Waals surface area contributed by atoms with E-state index in [2.05, 4.69) is 9.79 Å². The van der Waals surface area contributed by atoms with Crippen LogP contribution in [-0.2, 0) is 13.6 Å². The number of hydrogen-bond acceptors (Lipinski definition) is 4. The average molecular weight is 265 g/mol. The number of aromatic nitrogens is 2. The molecule has 1 aromatic heterocycles. The quantitative estimate of drug-likeness (QED) is 0.731. The van der Waals surface area contributed by atoms with Gasteiger partial charge in [0.1, 0.15) is 12.4 Å². The van der Waals surface area contributed by atoms with E-state index in [1.54, 1.807) is 7.05 Å². The van der Waals surface area contributed by atoms with Gasteiger partial charge < -0.3 is 14.5 Å². The van der Waals surface area contributed by atoms with Crippen LogP contribution in [0.25, 0.3) is 0 Å². The van der Waals surface area contributed by atoms with Crippen LogP contribution in [0, 0.1) is 5.82 Å². The number of aryl methyl sites for hydroxylation is 1. The van der Waals surface area contributed by atoms with Crippen molar-refractivity contribution in [2.24, 2.45) is 7.05 Å². The summed E-state index contributed by atoms with van der Waals surface area (Å²) in [7, 11) is 3.09. The summed E-state index contributed by atoms with van der Waals surface area (Å²) in [6.07, 6.45) is 0. The molecule has 6 nitrogen and oxygen atoms in total. The maximum atomic E-state index is 12.8. The Morgan fingerprint density at radius 2 is 2.11 bits per heavy atom. The van der Waals surface area contributed by atoms with Crippen LogP contribution >= 0.6 is 0 Å². The molecule has 2 aromatic rings. The number of amides is 1. The lowest BCUT2D eigenvalue weighted by Crippen LogP contribution is -2.38. The highest BCUT2D eigenvalue weighted by Gasteiger charge is 2.19. The molecule has 1 heterocycles. The van der Waals surface area contributed by atoms with E-state index in [1.807, 2.05) is 0 Å². The minimum absolute atomic E-state index is 0.0645. The third kappa shape index (κ3) is 2.70. The van der Waals surface area contributed by atoms with Crippen LogP contribution in [0.5, 0.6) is 5.95 Å². The van der Waals surface area contributed by atoms with Gasteiger partial charge in [-0.1, -0.05) is 4.68 Å². The lowest BCUT2D eigenvalue weighted by Gasteiger charge is -2.15. The molecule has 7 heteroatoms. The van der Waals surface area contributed by atoms with E-state index in [4.69, 9.17) is 0 Å². The summed E-state index contributed by atoms with van der Waals surface area (Å²) in [6, 6.07) is 5.19. The smallest absolute Gasteiger partial charge is 0.254 e. The van der Waals surface area contributed by atoms with E-state index in [-0.39, 0.29) is 18.1 Å². The van der Waals surface area contributed by atoms with Crippen molar-refractivity contribution in [2.75, 3.05) is 7.05 Å². The van der Waals surface area contributed by atoms with Gasteiger partial charge >= 0.3 is 0 Å². The summed E-state index contributed by atoms with van der Waals surface area (Å²) in [4.78, 5) is 13.4. The molecule has 0 N–H and O–H groups in total. The minimum atomic E-state index is -0.582. The Bertz CT molecular complexity index is 575. The Morgan fingerprint density at radius 1 is 1.47 bits per heavy atom. The highest BCUT2D eigenvalue weighted by Crippen LogP contribution is 2.12. The highest BCUT2D eigenvalue weighted by molar-refractivity contribution is 5.93. The van der Waals surface area contributed by atoms with Crippen molar-refractivity contribution < 1.29 is 23.5 Å². The van der Waals surface area contributed by atoms with Crippen LogP contribution < -0.4 is 9.79 Å². The van der Waals surface area contributed by atoms with E-state index >= 15 is 0 Å². The van der Waals surface area contributed by atoms with Gasteiger partial charge in [0.25, 0.3) is 11.6 Å². The number of benzene rings is 1. The van der Waals surface area contributed by atoms with Crippen molar-refractivity contribution in [2.45, 2.75) is 6.54 Å². The van der Waals surface area contributed by atoms with Crippen LogP contribution in [0.15, 0.2) is 28.8 Å². The summed E-state index contributed by atoms with van der Waals surface area (Å²) in [5.74, 6) is -1.31. The summed E-state index contributed by atoms with van der Waals surface area (Å²) < 4.78 is 18.5. The van der Waals surface area contributed by atoms with E-state index in [9.17, 15) is 14.3 Å². The fourth-order valence-corrected chi connectivity index (χ4v) is 1.61. The molecule has 0 saturated carbocycles. The summed E-state index contributed by atoms with van der Waals surface area (Å²) in [5.41, 5.74) is 0.605. The van der Waals surface area contributed by atoms with Gasteiger partial charge in [0.05, 0.1) is 5.27 Å². The molecule has 100 valence electrons. The van der Waals surface area contributed by atoms with Crippen LogP contribution in [-0.4, -0.2) is 23.1 Å². The second kappa shape index (κ2) is 5.05. The van der Waals surface area contributed by atoms with Gasteiger partial charge in [-0.2, -0.15) is 0 Å². The van der Waals surface area contributed by atoms with Crippen molar-refractivity contribution in [1.29, 1.82) is 0 Å². The predicted octanol–water partition coefficient (Wildman–Crippen LogP) is -0.0160. The zero-order valence-corrected chi connectivity index (χ0v) is 10.5. The number of hydrogen-bond donors (Lipinski definition) is 0. The van der Waals surface area contributed by atoms with E-state index in [0.717, 1.165) is 0 Å². The topological polar surface area (TPSA) is 73.3 Å². The molecule has 0 spiro atoms. The average Bonchev–Trinajstić information content (AvgIpc) is 2.70. The van der Waals surface area contributed by atoms with E-state index in [1.165, 1.54) is 40.9 Å². The maximum absolute atomic E-state index is 12.8. The van der Waals surface area contributed by atoms with Crippen LogP contribution in [0.3, 0.4) is 0 Å². The summed E-state index contributed by atoms with van der Waals surface area (Å²) in [5, 5.41) is 14.8. The Balaban J connectivity index is 2.14. The third-order valence-corrected chi connectivity index (χ3v) is 2.70. The number of nitrogens with zero attached hydrogens (tertiary/aromatic N) is 3. The number of carbonyl (C=O) groups excluding carboxylic acids is 1. The SMILES string of the molecule is CN(Cc1c([O-])on[n+]1C)C(=O)c1ccc(F)cc1. The molecule has 0 aliphatic rings. The highest BCUT2D eigenvalue weighted by atomic mass is 19.1. The zero-order chi connectivity index (χ0) is 14.0. The molecule has 0 radical (unpaired) electrons. The van der Waals surface area contributed by atoms with Gasteiger partial charge in [0.2, 0.25) is 0 Å². The van der Waals surface area contributed by atoms with Gasteiger partial charge in [0.15, 0.2) is 13.0 Å². The first kappa shape index (κ1) is 13.0. The van der Waals surface area contributed by atoms with Gasteiger partial charge in [-0.15, -0.1) is 0 Å². The van der Waals surface area contributed by atoms with E-state index < -0.39 is 11.8 Å². The standard InChI is InChI=1S/C12H12FN3O3/c1-15(7-10-12(18)19-14-16(10)2)11(17)8-3-5-9(13)6-4-8/h3-6H,7H2,1-2H3. The molecule has 0 aliphatic heterocycles.